The van der Waals surface area contributed by atoms with Gasteiger partial charge in [-0.25, -0.2) is 9.78 Å². The third-order valence-corrected chi connectivity index (χ3v) is 4.69. The second-order valence-electron chi connectivity index (χ2n) is 5.69. The molecule has 1 amide bonds. The molecule has 1 unspecified atom stereocenters. The molecule has 2 rings (SSSR count). The summed E-state index contributed by atoms with van der Waals surface area (Å²) in [6.45, 7) is 2.01. The standard InChI is InChI=1S/C19H19N3O3S/c1-3-4-16(13-5-7-14(8-6-13)19(24)25)22(2)18(23)15(12-20)11-17-21-9-10-26-17/h5-11,16H,3-4H2,1-2H3,(H,24,25)/b15-11-. The summed E-state index contributed by atoms with van der Waals surface area (Å²) in [5, 5.41) is 20.8. The van der Waals surface area contributed by atoms with Gasteiger partial charge in [-0.05, 0) is 30.2 Å². The van der Waals surface area contributed by atoms with Crippen LogP contribution in [0.3, 0.4) is 0 Å². The van der Waals surface area contributed by atoms with Crippen LogP contribution in [0.25, 0.3) is 6.08 Å². The zero-order valence-electron chi connectivity index (χ0n) is 14.5. The first kappa shape index (κ1) is 19.3. The molecule has 0 fully saturated rings. The third kappa shape index (κ3) is 4.55. The summed E-state index contributed by atoms with van der Waals surface area (Å²) in [4.78, 5) is 29.4. The van der Waals surface area contributed by atoms with Gasteiger partial charge in [0.2, 0.25) is 0 Å². The number of aromatic nitrogens is 1. The Labute approximate surface area is 156 Å². The molecule has 1 aromatic carbocycles. The monoisotopic (exact) mass is 369 g/mol. The van der Waals surface area contributed by atoms with Crippen LogP contribution in [0, 0.1) is 11.3 Å². The smallest absolute Gasteiger partial charge is 0.335 e. The van der Waals surface area contributed by atoms with Crippen LogP contribution < -0.4 is 0 Å². The molecule has 1 atom stereocenters. The summed E-state index contributed by atoms with van der Waals surface area (Å²) in [7, 11) is 1.65. The zero-order chi connectivity index (χ0) is 19.1. The van der Waals surface area contributed by atoms with Gasteiger partial charge in [-0.2, -0.15) is 5.26 Å². The molecule has 7 heteroatoms. The number of carboxylic acid groups (broad SMARTS) is 1. The molecule has 1 aromatic heterocycles. The predicted octanol–water partition coefficient (Wildman–Crippen LogP) is 3.75. The highest BCUT2D eigenvalue weighted by molar-refractivity contribution is 7.10. The number of carbonyl (C=O) groups excluding carboxylic acids is 1. The minimum Gasteiger partial charge on any atom is -0.478 e. The normalized spacial score (nSPS) is 12.3. The Hall–Kier alpha value is -2.98. The van der Waals surface area contributed by atoms with E-state index in [0.717, 1.165) is 12.0 Å². The largest absolute Gasteiger partial charge is 0.478 e. The molecule has 0 saturated heterocycles. The number of benzene rings is 1. The fourth-order valence-electron chi connectivity index (χ4n) is 2.61. The SMILES string of the molecule is CCCC(c1ccc(C(=O)O)cc1)N(C)C(=O)/C(C#N)=C\c1nccs1. The fourth-order valence-corrected chi connectivity index (χ4v) is 3.18. The molecule has 0 aliphatic heterocycles. The lowest BCUT2D eigenvalue weighted by Gasteiger charge is -2.28. The number of rotatable bonds is 7. The van der Waals surface area contributed by atoms with Crippen molar-refractivity contribution in [2.45, 2.75) is 25.8 Å². The Morgan fingerprint density at radius 2 is 2.08 bits per heavy atom. The number of carboxylic acids is 1. The lowest BCUT2D eigenvalue weighted by Crippen LogP contribution is -2.32. The number of nitrogens with zero attached hydrogens (tertiary/aromatic N) is 3. The molecular formula is C19H19N3O3S. The number of hydrogen-bond acceptors (Lipinski definition) is 5. The molecule has 1 heterocycles. The second-order valence-corrected chi connectivity index (χ2v) is 6.61. The number of amides is 1. The first-order valence-electron chi connectivity index (χ1n) is 8.09. The van der Waals surface area contributed by atoms with Crippen molar-refractivity contribution in [2.24, 2.45) is 0 Å². The van der Waals surface area contributed by atoms with E-state index in [4.69, 9.17) is 5.11 Å². The van der Waals surface area contributed by atoms with E-state index in [2.05, 4.69) is 4.98 Å². The molecule has 0 aliphatic rings. The van der Waals surface area contributed by atoms with Crippen LogP contribution in [-0.4, -0.2) is 33.9 Å². The van der Waals surface area contributed by atoms with Crippen LogP contribution in [0.1, 0.15) is 46.7 Å². The van der Waals surface area contributed by atoms with Crippen molar-refractivity contribution in [3.63, 3.8) is 0 Å². The Kier molecular flexibility index (Phi) is 6.64. The minimum absolute atomic E-state index is 0.0192. The molecule has 26 heavy (non-hydrogen) atoms. The van der Waals surface area contributed by atoms with Crippen molar-refractivity contribution in [2.75, 3.05) is 7.05 Å². The van der Waals surface area contributed by atoms with E-state index in [1.165, 1.54) is 34.4 Å². The molecule has 134 valence electrons. The maximum atomic E-state index is 12.8. The van der Waals surface area contributed by atoms with Crippen LogP contribution in [0.5, 0.6) is 0 Å². The number of nitriles is 1. The van der Waals surface area contributed by atoms with Gasteiger partial charge in [0.15, 0.2) is 0 Å². The highest BCUT2D eigenvalue weighted by Crippen LogP contribution is 2.26. The Morgan fingerprint density at radius 1 is 1.38 bits per heavy atom. The van der Waals surface area contributed by atoms with Crippen LogP contribution in [0.4, 0.5) is 0 Å². The molecule has 0 radical (unpaired) electrons. The molecule has 0 spiro atoms. The highest BCUT2D eigenvalue weighted by Gasteiger charge is 2.24. The molecule has 0 bridgehead atoms. The predicted molar refractivity (Wildman–Crippen MR) is 99.5 cm³/mol. The number of hydrogen-bond donors (Lipinski definition) is 1. The summed E-state index contributed by atoms with van der Waals surface area (Å²) >= 11 is 1.35. The lowest BCUT2D eigenvalue weighted by atomic mass is 9.99. The maximum absolute atomic E-state index is 12.8. The summed E-state index contributed by atoms with van der Waals surface area (Å²) in [5.41, 5.74) is 1.05. The highest BCUT2D eigenvalue weighted by atomic mass is 32.1. The van der Waals surface area contributed by atoms with Crippen molar-refractivity contribution in [1.82, 2.24) is 9.88 Å². The van der Waals surface area contributed by atoms with E-state index in [0.29, 0.717) is 11.4 Å². The third-order valence-electron chi connectivity index (χ3n) is 3.96. The Balaban J connectivity index is 2.29. The Bertz CT molecular complexity index is 836. The van der Waals surface area contributed by atoms with Crippen LogP contribution in [0.15, 0.2) is 41.4 Å². The minimum atomic E-state index is -0.994. The lowest BCUT2D eigenvalue weighted by molar-refractivity contribution is -0.127. The van der Waals surface area contributed by atoms with E-state index in [9.17, 15) is 14.9 Å². The van der Waals surface area contributed by atoms with Gasteiger partial charge >= 0.3 is 5.97 Å². The van der Waals surface area contributed by atoms with E-state index >= 15 is 0 Å². The van der Waals surface area contributed by atoms with Gasteiger partial charge in [-0.1, -0.05) is 25.5 Å². The number of likely N-dealkylation sites (N-methyl/N-ethyl adjacent to an activating group) is 1. The van der Waals surface area contributed by atoms with Crippen molar-refractivity contribution in [3.05, 3.63) is 57.6 Å². The average Bonchev–Trinajstić information content (AvgIpc) is 3.16. The van der Waals surface area contributed by atoms with Crippen LogP contribution in [0.2, 0.25) is 0 Å². The molecule has 6 nitrogen and oxygen atoms in total. The van der Waals surface area contributed by atoms with E-state index in [1.807, 2.05) is 13.0 Å². The van der Waals surface area contributed by atoms with E-state index in [-0.39, 0.29) is 23.1 Å². The number of aromatic carboxylic acids is 1. The molecule has 0 aliphatic carbocycles. The first-order chi connectivity index (χ1) is 12.5. The molecule has 2 aromatic rings. The average molecular weight is 369 g/mol. The quantitative estimate of drug-likeness (QED) is 0.592. The van der Waals surface area contributed by atoms with Gasteiger partial charge in [0.1, 0.15) is 16.6 Å². The maximum Gasteiger partial charge on any atom is 0.335 e. The number of thiazole rings is 1. The first-order valence-corrected chi connectivity index (χ1v) is 8.97. The fraction of sp³-hybridized carbons (Fsp3) is 0.263. The van der Waals surface area contributed by atoms with Gasteiger partial charge in [-0.3, -0.25) is 4.79 Å². The van der Waals surface area contributed by atoms with Crippen molar-refractivity contribution in [1.29, 1.82) is 5.26 Å². The molecular weight excluding hydrogens is 350 g/mol. The van der Waals surface area contributed by atoms with Crippen molar-refractivity contribution in [3.8, 4) is 6.07 Å². The van der Waals surface area contributed by atoms with E-state index < -0.39 is 5.97 Å². The summed E-state index contributed by atoms with van der Waals surface area (Å²) in [6, 6.07) is 8.18. The Morgan fingerprint density at radius 3 is 2.58 bits per heavy atom. The summed E-state index contributed by atoms with van der Waals surface area (Å²) in [5.74, 6) is -1.38. The second kappa shape index (κ2) is 8.92. The van der Waals surface area contributed by atoms with Gasteiger partial charge in [0, 0.05) is 18.6 Å². The molecule has 1 N–H and O–H groups in total. The van der Waals surface area contributed by atoms with Gasteiger partial charge in [-0.15, -0.1) is 11.3 Å². The van der Waals surface area contributed by atoms with Gasteiger partial charge in [0.25, 0.3) is 5.91 Å². The van der Waals surface area contributed by atoms with Crippen molar-refractivity contribution < 1.29 is 14.7 Å². The van der Waals surface area contributed by atoms with Gasteiger partial charge < -0.3 is 10.0 Å². The summed E-state index contributed by atoms with van der Waals surface area (Å²) < 4.78 is 0. The van der Waals surface area contributed by atoms with E-state index in [1.54, 1.807) is 30.8 Å². The van der Waals surface area contributed by atoms with Crippen LogP contribution >= 0.6 is 11.3 Å². The zero-order valence-corrected chi connectivity index (χ0v) is 15.4. The van der Waals surface area contributed by atoms with Crippen molar-refractivity contribution >= 4 is 29.3 Å². The van der Waals surface area contributed by atoms with Crippen LogP contribution in [-0.2, 0) is 4.79 Å². The molecule has 0 saturated carbocycles. The topological polar surface area (TPSA) is 94.3 Å². The number of carbonyl (C=O) groups is 2. The summed E-state index contributed by atoms with van der Waals surface area (Å²) in [6.07, 6.45) is 4.63. The van der Waals surface area contributed by atoms with Gasteiger partial charge in [0.05, 0.1) is 11.6 Å².